The number of benzene rings is 3. The van der Waals surface area contributed by atoms with Crippen molar-refractivity contribution in [3.63, 3.8) is 0 Å². The minimum absolute atomic E-state index is 0.0681. The van der Waals surface area contributed by atoms with Crippen LogP contribution >= 0.6 is 11.6 Å². The minimum atomic E-state index is -3.61. The number of anilines is 1. The Kier molecular flexibility index (Phi) is 12.7. The number of hydrogen-bond acceptors (Lipinski definition) is 5. The van der Waals surface area contributed by atoms with Crippen LogP contribution in [0.25, 0.3) is 0 Å². The molecule has 0 radical (unpaired) electrons. The Balaban J connectivity index is 1.56. The molecule has 2 amide bonds. The molecule has 4 rings (SSSR count). The van der Waals surface area contributed by atoms with Crippen LogP contribution in [0.1, 0.15) is 63.0 Å². The minimum Gasteiger partial charge on any atom is -0.494 e. The summed E-state index contributed by atoms with van der Waals surface area (Å²) in [5.74, 6) is 0.267. The van der Waals surface area contributed by atoms with Crippen LogP contribution in [0.5, 0.6) is 5.75 Å². The predicted molar refractivity (Wildman–Crippen MR) is 180 cm³/mol. The second kappa shape index (κ2) is 16.7. The van der Waals surface area contributed by atoms with Gasteiger partial charge in [0.2, 0.25) is 21.8 Å². The number of carbonyl (C=O) groups excluding carboxylic acids is 2. The molecule has 8 nitrogen and oxygen atoms in total. The molecule has 0 aliphatic heterocycles. The molecule has 1 atom stereocenters. The van der Waals surface area contributed by atoms with Gasteiger partial charge in [0.25, 0.3) is 0 Å². The Morgan fingerprint density at radius 3 is 2.22 bits per heavy atom. The summed E-state index contributed by atoms with van der Waals surface area (Å²) in [6.07, 6.45) is 7.05. The van der Waals surface area contributed by atoms with Gasteiger partial charge in [-0.15, -0.1) is 0 Å². The highest BCUT2D eigenvalue weighted by Crippen LogP contribution is 2.24. The second-order valence-corrected chi connectivity index (χ2v) is 13.9. The molecular formula is C35H44ClN3O5S. The Bertz CT molecular complexity index is 1480. The Hall–Kier alpha value is -3.56. The first-order valence-corrected chi connectivity index (χ1v) is 18.0. The largest absolute Gasteiger partial charge is 0.494 e. The number of ether oxygens (including phenoxy) is 1. The van der Waals surface area contributed by atoms with Gasteiger partial charge in [-0.3, -0.25) is 13.9 Å². The average molecular weight is 654 g/mol. The first-order chi connectivity index (χ1) is 21.6. The predicted octanol–water partition coefficient (Wildman–Crippen LogP) is 6.37. The molecule has 0 spiro atoms. The molecule has 3 aromatic carbocycles. The molecule has 0 unspecified atom stereocenters. The molecule has 0 aromatic heterocycles. The van der Waals surface area contributed by atoms with Gasteiger partial charge in [-0.2, -0.15) is 0 Å². The van der Waals surface area contributed by atoms with E-state index in [1.54, 1.807) is 41.3 Å². The van der Waals surface area contributed by atoms with E-state index in [0.717, 1.165) is 43.1 Å². The number of halogens is 1. The maximum atomic E-state index is 14.1. The average Bonchev–Trinajstić information content (AvgIpc) is 3.03. The van der Waals surface area contributed by atoms with E-state index in [1.165, 1.54) is 10.7 Å². The fourth-order valence-corrected chi connectivity index (χ4v) is 6.86. The quantitative estimate of drug-likeness (QED) is 0.206. The van der Waals surface area contributed by atoms with Crippen molar-refractivity contribution in [3.8, 4) is 5.75 Å². The zero-order valence-electron chi connectivity index (χ0n) is 26.2. The molecule has 45 heavy (non-hydrogen) atoms. The molecule has 1 aliphatic carbocycles. The van der Waals surface area contributed by atoms with Crippen LogP contribution in [0, 0.1) is 0 Å². The van der Waals surface area contributed by atoms with Crippen LogP contribution in [-0.4, -0.2) is 56.6 Å². The highest BCUT2D eigenvalue weighted by molar-refractivity contribution is 7.92. The molecule has 3 aromatic rings. The SMILES string of the molecule is CCOc1ccc(N(CCCC(=O)N(Cc2ccc(Cl)cc2)[C@@H](Cc2ccccc2)C(=O)NC2CCCCC2)S(C)(=O)=O)cc1. The van der Waals surface area contributed by atoms with Gasteiger partial charge < -0.3 is 15.0 Å². The van der Waals surface area contributed by atoms with Gasteiger partial charge in [-0.25, -0.2) is 8.42 Å². The van der Waals surface area contributed by atoms with Gasteiger partial charge in [-0.05, 0) is 73.7 Å². The number of carbonyl (C=O) groups is 2. The van der Waals surface area contributed by atoms with Gasteiger partial charge in [0, 0.05) is 37.0 Å². The van der Waals surface area contributed by atoms with Crippen LogP contribution in [0.2, 0.25) is 5.02 Å². The van der Waals surface area contributed by atoms with E-state index in [0.29, 0.717) is 29.5 Å². The van der Waals surface area contributed by atoms with E-state index in [1.807, 2.05) is 49.4 Å². The first-order valence-electron chi connectivity index (χ1n) is 15.7. The highest BCUT2D eigenvalue weighted by atomic mass is 35.5. The van der Waals surface area contributed by atoms with Crippen molar-refractivity contribution in [1.29, 1.82) is 0 Å². The van der Waals surface area contributed by atoms with Crippen LogP contribution in [0.3, 0.4) is 0 Å². The smallest absolute Gasteiger partial charge is 0.243 e. The van der Waals surface area contributed by atoms with Gasteiger partial charge in [0.15, 0.2) is 0 Å². The molecule has 242 valence electrons. The second-order valence-electron chi connectivity index (χ2n) is 11.6. The summed E-state index contributed by atoms with van der Waals surface area (Å²) in [6.45, 7) is 2.73. The van der Waals surface area contributed by atoms with E-state index in [-0.39, 0.29) is 43.8 Å². The van der Waals surface area contributed by atoms with E-state index in [4.69, 9.17) is 16.3 Å². The third-order valence-electron chi connectivity index (χ3n) is 8.08. The van der Waals surface area contributed by atoms with E-state index in [9.17, 15) is 18.0 Å². The van der Waals surface area contributed by atoms with Crippen molar-refractivity contribution in [3.05, 3.63) is 95.0 Å². The molecule has 10 heteroatoms. The lowest BCUT2D eigenvalue weighted by Crippen LogP contribution is -2.52. The maximum Gasteiger partial charge on any atom is 0.243 e. The fourth-order valence-electron chi connectivity index (χ4n) is 5.76. The standard InChI is InChI=1S/C35H44ClN3O5S/c1-3-44-32-22-20-31(21-23-32)39(45(2,42)43)24-10-15-34(40)38(26-28-16-18-29(36)19-17-28)33(25-27-11-6-4-7-12-27)35(41)37-30-13-8-5-9-14-30/h4,6-7,11-12,16-23,30,33H,3,5,8-10,13-15,24-26H2,1-2H3,(H,37,41)/t33-/m0/s1. The molecule has 1 fully saturated rings. The summed E-state index contributed by atoms with van der Waals surface area (Å²) < 4.78 is 32.3. The van der Waals surface area contributed by atoms with Gasteiger partial charge >= 0.3 is 0 Å². The summed E-state index contributed by atoms with van der Waals surface area (Å²) in [7, 11) is -3.61. The molecule has 1 saturated carbocycles. The number of amides is 2. The number of hydrogen-bond donors (Lipinski definition) is 1. The lowest BCUT2D eigenvalue weighted by molar-refractivity contribution is -0.141. The lowest BCUT2D eigenvalue weighted by Gasteiger charge is -2.34. The zero-order chi connectivity index (χ0) is 32.2. The fraction of sp³-hybridized carbons (Fsp3) is 0.429. The van der Waals surface area contributed by atoms with Crippen molar-refractivity contribution in [2.45, 2.75) is 76.9 Å². The molecule has 0 saturated heterocycles. The third-order valence-corrected chi connectivity index (χ3v) is 9.52. The lowest BCUT2D eigenvalue weighted by atomic mass is 9.94. The summed E-state index contributed by atoms with van der Waals surface area (Å²) in [6, 6.07) is 23.2. The van der Waals surface area contributed by atoms with Crippen LogP contribution in [0.15, 0.2) is 78.9 Å². The van der Waals surface area contributed by atoms with Crippen LogP contribution in [-0.2, 0) is 32.6 Å². The van der Waals surface area contributed by atoms with Crippen LogP contribution in [0.4, 0.5) is 5.69 Å². The third kappa shape index (κ3) is 10.5. The number of nitrogens with one attached hydrogen (secondary N) is 1. The van der Waals surface area contributed by atoms with E-state index < -0.39 is 16.1 Å². The molecule has 1 aliphatic rings. The summed E-state index contributed by atoms with van der Waals surface area (Å²) in [5.41, 5.74) is 2.30. The van der Waals surface area contributed by atoms with Crippen molar-refractivity contribution < 1.29 is 22.7 Å². The Morgan fingerprint density at radius 1 is 0.933 bits per heavy atom. The number of rotatable bonds is 15. The topological polar surface area (TPSA) is 96.0 Å². The highest BCUT2D eigenvalue weighted by Gasteiger charge is 2.32. The summed E-state index contributed by atoms with van der Waals surface area (Å²) in [5, 5.41) is 3.83. The normalized spacial score (nSPS) is 14.4. The first kappa shape index (κ1) is 34.3. The number of sulfonamides is 1. The Labute approximate surface area is 272 Å². The van der Waals surface area contributed by atoms with Crippen LogP contribution < -0.4 is 14.4 Å². The van der Waals surface area contributed by atoms with E-state index >= 15 is 0 Å². The summed E-state index contributed by atoms with van der Waals surface area (Å²) >= 11 is 6.14. The maximum absolute atomic E-state index is 14.1. The van der Waals surface area contributed by atoms with Crippen molar-refractivity contribution in [2.24, 2.45) is 0 Å². The molecule has 0 bridgehead atoms. The van der Waals surface area contributed by atoms with E-state index in [2.05, 4.69) is 5.32 Å². The number of nitrogens with zero attached hydrogens (tertiary/aromatic N) is 2. The monoisotopic (exact) mass is 653 g/mol. The van der Waals surface area contributed by atoms with Crippen molar-refractivity contribution in [2.75, 3.05) is 23.7 Å². The zero-order valence-corrected chi connectivity index (χ0v) is 27.7. The van der Waals surface area contributed by atoms with Gasteiger partial charge in [0.1, 0.15) is 11.8 Å². The van der Waals surface area contributed by atoms with Crippen molar-refractivity contribution >= 4 is 39.1 Å². The van der Waals surface area contributed by atoms with Gasteiger partial charge in [0.05, 0.1) is 18.6 Å². The molecular weight excluding hydrogens is 610 g/mol. The Morgan fingerprint density at radius 2 is 1.60 bits per heavy atom. The molecule has 0 heterocycles. The van der Waals surface area contributed by atoms with Crippen molar-refractivity contribution in [1.82, 2.24) is 10.2 Å². The molecule has 1 N–H and O–H groups in total. The van der Waals surface area contributed by atoms with Gasteiger partial charge in [-0.1, -0.05) is 73.3 Å². The summed E-state index contributed by atoms with van der Waals surface area (Å²) in [4.78, 5) is 29.7.